The Morgan fingerprint density at radius 3 is 2.52 bits per heavy atom. The number of rotatable bonds is 3. The van der Waals surface area contributed by atoms with Crippen molar-refractivity contribution in [3.8, 4) is 11.1 Å². The molecule has 21 heavy (non-hydrogen) atoms. The monoisotopic (exact) mass is 283 g/mol. The van der Waals surface area contributed by atoms with E-state index < -0.39 is 0 Å². The van der Waals surface area contributed by atoms with E-state index in [9.17, 15) is 0 Å². The van der Waals surface area contributed by atoms with Gasteiger partial charge in [0.15, 0.2) is 5.82 Å². The number of aromatic amines is 1. The van der Waals surface area contributed by atoms with E-state index in [1.165, 1.54) is 48.1 Å². The summed E-state index contributed by atoms with van der Waals surface area (Å²) in [7, 11) is 0. The molecular formula is C18H25N3. The highest BCUT2D eigenvalue weighted by molar-refractivity contribution is 5.78. The van der Waals surface area contributed by atoms with Crippen molar-refractivity contribution in [2.45, 2.75) is 58.3 Å². The third-order valence-corrected chi connectivity index (χ3v) is 5.36. The zero-order chi connectivity index (χ0) is 15.0. The Kier molecular flexibility index (Phi) is 3.52. The quantitative estimate of drug-likeness (QED) is 0.871. The molecule has 1 heterocycles. The van der Waals surface area contributed by atoms with Crippen molar-refractivity contribution in [1.82, 2.24) is 10.2 Å². The minimum absolute atomic E-state index is 0.235. The van der Waals surface area contributed by atoms with Crippen LogP contribution in [0.4, 0.5) is 5.82 Å². The van der Waals surface area contributed by atoms with Crippen molar-refractivity contribution < 1.29 is 0 Å². The first-order valence-corrected chi connectivity index (χ1v) is 7.99. The van der Waals surface area contributed by atoms with Crippen LogP contribution < -0.4 is 5.73 Å². The fraction of sp³-hybridized carbons (Fsp3) is 0.500. The Labute approximate surface area is 127 Å². The molecule has 0 bridgehead atoms. The topological polar surface area (TPSA) is 54.7 Å². The molecule has 2 aromatic rings. The molecule has 3 nitrogen and oxygen atoms in total. The number of nitrogens with zero attached hydrogens (tertiary/aromatic N) is 1. The lowest BCUT2D eigenvalue weighted by atomic mass is 9.77. The van der Waals surface area contributed by atoms with Crippen molar-refractivity contribution in [3.63, 3.8) is 0 Å². The fourth-order valence-corrected chi connectivity index (χ4v) is 3.76. The number of hydrogen-bond donors (Lipinski definition) is 2. The van der Waals surface area contributed by atoms with Gasteiger partial charge in [-0.15, -0.1) is 0 Å². The van der Waals surface area contributed by atoms with E-state index in [-0.39, 0.29) is 5.41 Å². The molecule has 1 aromatic carbocycles. The Morgan fingerprint density at radius 2 is 1.90 bits per heavy atom. The maximum atomic E-state index is 6.20. The van der Waals surface area contributed by atoms with Crippen LogP contribution in [0.2, 0.25) is 0 Å². The van der Waals surface area contributed by atoms with Crippen LogP contribution in [-0.2, 0) is 5.41 Å². The van der Waals surface area contributed by atoms with E-state index in [4.69, 9.17) is 5.73 Å². The molecule has 3 rings (SSSR count). The van der Waals surface area contributed by atoms with E-state index >= 15 is 0 Å². The van der Waals surface area contributed by atoms with Crippen LogP contribution in [0.15, 0.2) is 18.2 Å². The highest BCUT2D eigenvalue weighted by Crippen LogP contribution is 2.47. The van der Waals surface area contributed by atoms with Crippen molar-refractivity contribution in [3.05, 3.63) is 35.0 Å². The van der Waals surface area contributed by atoms with Crippen LogP contribution in [0.5, 0.6) is 0 Å². The molecule has 1 aromatic heterocycles. The lowest BCUT2D eigenvalue weighted by Crippen LogP contribution is -2.22. The van der Waals surface area contributed by atoms with E-state index in [1.54, 1.807) is 0 Å². The molecular weight excluding hydrogens is 258 g/mol. The van der Waals surface area contributed by atoms with Gasteiger partial charge in [-0.2, -0.15) is 5.10 Å². The summed E-state index contributed by atoms with van der Waals surface area (Å²) in [5.74, 6) is 0.632. The van der Waals surface area contributed by atoms with Crippen LogP contribution in [-0.4, -0.2) is 10.2 Å². The largest absolute Gasteiger partial charge is 0.382 e. The number of aryl methyl sites for hydroxylation is 2. The molecule has 1 aliphatic carbocycles. The molecule has 0 radical (unpaired) electrons. The molecule has 0 saturated heterocycles. The fourth-order valence-electron chi connectivity index (χ4n) is 3.76. The summed E-state index contributed by atoms with van der Waals surface area (Å²) < 4.78 is 0. The molecule has 1 saturated carbocycles. The average molecular weight is 283 g/mol. The Morgan fingerprint density at radius 1 is 1.19 bits per heavy atom. The number of nitrogen functional groups attached to an aromatic ring is 1. The van der Waals surface area contributed by atoms with Crippen LogP contribution in [0.1, 0.15) is 55.8 Å². The van der Waals surface area contributed by atoms with Gasteiger partial charge in [0.25, 0.3) is 0 Å². The Bertz CT molecular complexity index is 648. The SMILES string of the molecule is CCC1(c2[nH]nc(N)c2-c2ccc(C)c(C)c2)CCCC1. The molecule has 0 amide bonds. The third kappa shape index (κ3) is 2.25. The maximum Gasteiger partial charge on any atom is 0.153 e. The van der Waals surface area contributed by atoms with Crippen molar-refractivity contribution >= 4 is 5.82 Å². The molecule has 3 N–H and O–H groups in total. The smallest absolute Gasteiger partial charge is 0.153 e. The average Bonchev–Trinajstić information content (AvgIpc) is 3.09. The standard InChI is InChI=1S/C18H25N3/c1-4-18(9-5-6-10-18)16-15(17(19)21-20-16)14-8-7-12(2)13(3)11-14/h7-8,11H,4-6,9-10H2,1-3H3,(H3,19,20,21). The second-order valence-corrected chi connectivity index (χ2v) is 6.50. The molecule has 0 spiro atoms. The summed E-state index contributed by atoms with van der Waals surface area (Å²) in [6.45, 7) is 6.58. The van der Waals surface area contributed by atoms with Gasteiger partial charge < -0.3 is 5.73 Å². The minimum Gasteiger partial charge on any atom is -0.382 e. The van der Waals surface area contributed by atoms with Gasteiger partial charge in [0.1, 0.15) is 0 Å². The van der Waals surface area contributed by atoms with Gasteiger partial charge in [0, 0.05) is 11.0 Å². The number of aromatic nitrogens is 2. The number of hydrogen-bond acceptors (Lipinski definition) is 2. The first-order valence-electron chi connectivity index (χ1n) is 7.99. The van der Waals surface area contributed by atoms with Gasteiger partial charge in [-0.1, -0.05) is 38.0 Å². The predicted octanol–water partition coefficient (Wildman–Crippen LogP) is 4.50. The van der Waals surface area contributed by atoms with Gasteiger partial charge in [-0.05, 0) is 49.8 Å². The summed E-state index contributed by atoms with van der Waals surface area (Å²) in [5.41, 5.74) is 12.6. The molecule has 1 fully saturated rings. The van der Waals surface area contributed by atoms with Gasteiger partial charge in [-0.25, -0.2) is 0 Å². The summed E-state index contributed by atoms with van der Waals surface area (Å²) in [5, 5.41) is 7.60. The zero-order valence-electron chi connectivity index (χ0n) is 13.3. The first kappa shape index (κ1) is 14.2. The lowest BCUT2D eigenvalue weighted by molar-refractivity contribution is 0.413. The summed E-state index contributed by atoms with van der Waals surface area (Å²) in [4.78, 5) is 0. The van der Waals surface area contributed by atoms with Crippen molar-refractivity contribution in [2.24, 2.45) is 0 Å². The zero-order valence-corrected chi connectivity index (χ0v) is 13.3. The lowest BCUT2D eigenvalue weighted by Gasteiger charge is -2.27. The van der Waals surface area contributed by atoms with Gasteiger partial charge >= 0.3 is 0 Å². The molecule has 3 heteroatoms. The molecule has 0 atom stereocenters. The molecule has 0 aliphatic heterocycles. The van der Waals surface area contributed by atoms with Crippen molar-refractivity contribution in [2.75, 3.05) is 5.73 Å². The van der Waals surface area contributed by atoms with Gasteiger partial charge in [-0.3, -0.25) is 5.10 Å². The highest BCUT2D eigenvalue weighted by atomic mass is 15.2. The molecule has 0 unspecified atom stereocenters. The van der Waals surface area contributed by atoms with Crippen LogP contribution >= 0.6 is 0 Å². The third-order valence-electron chi connectivity index (χ3n) is 5.36. The summed E-state index contributed by atoms with van der Waals surface area (Å²) in [6.07, 6.45) is 6.23. The maximum absolute atomic E-state index is 6.20. The van der Waals surface area contributed by atoms with Crippen LogP contribution in [0, 0.1) is 13.8 Å². The van der Waals surface area contributed by atoms with E-state index in [0.717, 1.165) is 12.0 Å². The molecule has 1 aliphatic rings. The van der Waals surface area contributed by atoms with E-state index in [2.05, 4.69) is 49.2 Å². The number of H-pyrrole nitrogens is 1. The van der Waals surface area contributed by atoms with Crippen LogP contribution in [0.25, 0.3) is 11.1 Å². The number of nitrogens with one attached hydrogen (secondary N) is 1. The Balaban J connectivity index is 2.14. The summed E-state index contributed by atoms with van der Waals surface area (Å²) in [6, 6.07) is 6.58. The highest BCUT2D eigenvalue weighted by Gasteiger charge is 2.38. The number of anilines is 1. The van der Waals surface area contributed by atoms with E-state index in [0.29, 0.717) is 5.82 Å². The second-order valence-electron chi connectivity index (χ2n) is 6.50. The number of benzene rings is 1. The van der Waals surface area contributed by atoms with E-state index in [1.807, 2.05) is 0 Å². The summed E-state index contributed by atoms with van der Waals surface area (Å²) >= 11 is 0. The normalized spacial score (nSPS) is 17.3. The Hall–Kier alpha value is -1.77. The first-order chi connectivity index (χ1) is 10.1. The van der Waals surface area contributed by atoms with Crippen LogP contribution in [0.3, 0.4) is 0 Å². The van der Waals surface area contributed by atoms with Gasteiger partial charge in [0.05, 0.1) is 5.69 Å². The minimum atomic E-state index is 0.235. The predicted molar refractivity (Wildman–Crippen MR) is 88.3 cm³/mol. The number of nitrogens with two attached hydrogens (primary N) is 1. The van der Waals surface area contributed by atoms with Gasteiger partial charge in [0.2, 0.25) is 0 Å². The second kappa shape index (κ2) is 5.21. The molecule has 112 valence electrons. The van der Waals surface area contributed by atoms with Crippen molar-refractivity contribution in [1.29, 1.82) is 0 Å².